The Balaban J connectivity index is 1.30. The van der Waals surface area contributed by atoms with E-state index in [1.807, 2.05) is 0 Å². The van der Waals surface area contributed by atoms with E-state index in [0.29, 0.717) is 11.4 Å². The van der Waals surface area contributed by atoms with Gasteiger partial charge in [-0.1, -0.05) is 51.0 Å². The molecule has 9 nitrogen and oxygen atoms in total. The number of nitrogens with one attached hydrogen (secondary N) is 2. The summed E-state index contributed by atoms with van der Waals surface area (Å²) in [5.74, 6) is 0.196. The number of hydrogen-bond acceptors (Lipinski definition) is 7. The summed E-state index contributed by atoms with van der Waals surface area (Å²) in [5, 5.41) is 5.27. The van der Waals surface area contributed by atoms with Crippen LogP contribution in [0.1, 0.15) is 37.8 Å². The molecule has 0 aliphatic carbocycles. The van der Waals surface area contributed by atoms with Gasteiger partial charge >= 0.3 is 26.3 Å². The summed E-state index contributed by atoms with van der Waals surface area (Å²) in [6.45, 7) is 4.10. The molecule has 42 heavy (non-hydrogen) atoms. The van der Waals surface area contributed by atoms with E-state index in [4.69, 9.17) is 8.37 Å². The highest BCUT2D eigenvalue weighted by atomic mass is 32.2. The third kappa shape index (κ3) is 8.34. The second-order valence-electron chi connectivity index (χ2n) is 9.49. The second kappa shape index (κ2) is 13.5. The molecule has 0 aromatic heterocycles. The molecule has 0 atom stereocenters. The zero-order valence-electron chi connectivity index (χ0n) is 23.2. The monoisotopic (exact) mass is 608 g/mol. The van der Waals surface area contributed by atoms with Crippen molar-refractivity contribution in [2.45, 2.75) is 49.3 Å². The fourth-order valence-corrected chi connectivity index (χ4v) is 5.91. The number of urea groups is 1. The van der Waals surface area contributed by atoms with Gasteiger partial charge in [0, 0.05) is 11.4 Å². The fourth-order valence-electron chi connectivity index (χ4n) is 4.05. The van der Waals surface area contributed by atoms with Gasteiger partial charge in [0.1, 0.15) is 21.3 Å². The van der Waals surface area contributed by atoms with E-state index in [1.54, 1.807) is 24.3 Å². The van der Waals surface area contributed by atoms with E-state index in [9.17, 15) is 21.6 Å². The van der Waals surface area contributed by atoms with Crippen LogP contribution in [0.3, 0.4) is 0 Å². The Morgan fingerprint density at radius 3 is 1.19 bits per heavy atom. The Morgan fingerprint density at radius 1 is 0.548 bits per heavy atom. The van der Waals surface area contributed by atoms with Crippen LogP contribution >= 0.6 is 0 Å². The summed E-state index contributed by atoms with van der Waals surface area (Å²) < 4.78 is 60.8. The molecule has 0 spiro atoms. The molecule has 0 radical (unpaired) electrons. The van der Waals surface area contributed by atoms with Crippen LogP contribution in [0.2, 0.25) is 0 Å². The van der Waals surface area contributed by atoms with Crippen LogP contribution in [-0.4, -0.2) is 22.9 Å². The van der Waals surface area contributed by atoms with Crippen molar-refractivity contribution in [2.24, 2.45) is 0 Å². The van der Waals surface area contributed by atoms with Crippen LogP contribution in [0, 0.1) is 0 Å². The molecule has 0 unspecified atom stereocenters. The molecule has 2 N–H and O–H groups in total. The molecule has 0 saturated carbocycles. The molecular weight excluding hydrogens is 576 g/mol. The first-order chi connectivity index (χ1) is 20.1. The topological polar surface area (TPSA) is 128 Å². The largest absolute Gasteiger partial charge is 0.379 e. The zero-order valence-corrected chi connectivity index (χ0v) is 24.9. The van der Waals surface area contributed by atoms with Crippen LogP contribution in [0.4, 0.5) is 16.2 Å². The SMILES string of the molecule is CCCc1ccc(S(=O)(=O)Oc2ccc(NC(=O)Nc3ccc(OS(=O)(=O)c4ccc(CCC)cc4)cc3)cc2)cc1. The van der Waals surface area contributed by atoms with Crippen molar-refractivity contribution >= 4 is 37.6 Å². The highest BCUT2D eigenvalue weighted by molar-refractivity contribution is 7.87. The van der Waals surface area contributed by atoms with Crippen LogP contribution in [0.15, 0.2) is 107 Å². The molecule has 4 rings (SSSR count). The van der Waals surface area contributed by atoms with E-state index in [0.717, 1.165) is 36.8 Å². The van der Waals surface area contributed by atoms with Crippen LogP contribution in [-0.2, 0) is 33.1 Å². The lowest BCUT2D eigenvalue weighted by Crippen LogP contribution is -2.19. The van der Waals surface area contributed by atoms with Crippen LogP contribution in [0.5, 0.6) is 11.5 Å². The fraction of sp³-hybridized carbons (Fsp3) is 0.194. The van der Waals surface area contributed by atoms with Gasteiger partial charge in [-0.05, 0) is 96.8 Å². The van der Waals surface area contributed by atoms with Gasteiger partial charge in [0.25, 0.3) is 0 Å². The lowest BCUT2D eigenvalue weighted by Gasteiger charge is -2.11. The van der Waals surface area contributed by atoms with Gasteiger partial charge in [-0.25, -0.2) is 4.79 Å². The van der Waals surface area contributed by atoms with Crippen molar-refractivity contribution in [2.75, 3.05) is 10.6 Å². The van der Waals surface area contributed by atoms with E-state index >= 15 is 0 Å². The van der Waals surface area contributed by atoms with Gasteiger partial charge < -0.3 is 19.0 Å². The van der Waals surface area contributed by atoms with Gasteiger partial charge in [-0.2, -0.15) is 16.8 Å². The molecule has 0 saturated heterocycles. The molecule has 0 aliphatic heterocycles. The number of benzene rings is 4. The summed E-state index contributed by atoms with van der Waals surface area (Å²) in [6, 6.07) is 24.3. The Labute approximate surface area is 246 Å². The maximum absolute atomic E-state index is 12.6. The minimum Gasteiger partial charge on any atom is -0.379 e. The summed E-state index contributed by atoms with van der Waals surface area (Å²) in [5.41, 5.74) is 2.90. The Bertz CT molecular complexity index is 1570. The van der Waals surface area contributed by atoms with E-state index in [2.05, 4.69) is 24.5 Å². The van der Waals surface area contributed by atoms with Gasteiger partial charge in [0.05, 0.1) is 0 Å². The normalized spacial score (nSPS) is 11.5. The van der Waals surface area contributed by atoms with Crippen LogP contribution < -0.4 is 19.0 Å². The lowest BCUT2D eigenvalue weighted by molar-refractivity contribution is 0.262. The molecular formula is C31H32N2O7S2. The minimum atomic E-state index is -4.00. The number of carbonyl (C=O) groups excluding carboxylic acids is 1. The maximum atomic E-state index is 12.6. The number of aryl methyl sites for hydroxylation is 2. The van der Waals surface area contributed by atoms with Crippen LogP contribution in [0.25, 0.3) is 0 Å². The summed E-state index contributed by atoms with van der Waals surface area (Å²) in [6.07, 6.45) is 3.65. The van der Waals surface area contributed by atoms with Gasteiger partial charge in [-0.3, -0.25) is 0 Å². The third-order valence-corrected chi connectivity index (χ3v) is 8.66. The standard InChI is InChI=1S/C31H32N2O7S2/c1-3-5-23-7-19-29(20-8-23)41(35,36)39-27-15-11-25(12-16-27)32-31(34)33-26-13-17-28(18-14-26)40-42(37,38)30-21-9-24(6-4-2)10-22-30/h7-22H,3-6H2,1-2H3,(H2,32,33,34). The smallest absolute Gasteiger partial charge is 0.339 e. The van der Waals surface area contributed by atoms with Crippen molar-refractivity contribution in [1.82, 2.24) is 0 Å². The Hall–Kier alpha value is -4.35. The number of hydrogen-bond donors (Lipinski definition) is 2. The first kappa shape index (κ1) is 30.6. The Morgan fingerprint density at radius 2 is 0.881 bits per heavy atom. The quantitative estimate of drug-likeness (QED) is 0.170. The molecule has 11 heteroatoms. The third-order valence-electron chi connectivity index (χ3n) is 6.14. The molecule has 4 aromatic carbocycles. The van der Waals surface area contributed by atoms with Gasteiger partial charge in [-0.15, -0.1) is 0 Å². The number of amides is 2. The summed E-state index contributed by atoms with van der Waals surface area (Å²) in [7, 11) is -8.01. The van der Waals surface area contributed by atoms with Crippen molar-refractivity contribution in [3.8, 4) is 11.5 Å². The number of anilines is 2. The molecule has 0 fully saturated rings. The predicted molar refractivity (Wildman–Crippen MR) is 162 cm³/mol. The van der Waals surface area contributed by atoms with E-state index in [-0.39, 0.29) is 21.3 Å². The first-order valence-corrected chi connectivity index (χ1v) is 16.2. The molecule has 0 heterocycles. The average molecular weight is 609 g/mol. The molecule has 0 aliphatic rings. The van der Waals surface area contributed by atoms with Gasteiger partial charge in [0.15, 0.2) is 0 Å². The van der Waals surface area contributed by atoms with Crippen molar-refractivity contribution in [1.29, 1.82) is 0 Å². The maximum Gasteiger partial charge on any atom is 0.339 e. The second-order valence-corrected chi connectivity index (χ2v) is 12.6. The first-order valence-electron chi connectivity index (χ1n) is 13.4. The Kier molecular flexibility index (Phi) is 9.87. The number of carbonyl (C=O) groups is 1. The predicted octanol–water partition coefficient (Wildman–Crippen LogP) is 6.77. The number of rotatable bonds is 12. The van der Waals surface area contributed by atoms with E-state index in [1.165, 1.54) is 72.8 Å². The molecule has 0 bridgehead atoms. The van der Waals surface area contributed by atoms with Crippen molar-refractivity contribution in [3.63, 3.8) is 0 Å². The lowest BCUT2D eigenvalue weighted by atomic mass is 10.1. The zero-order chi connectivity index (χ0) is 30.2. The molecule has 220 valence electrons. The highest BCUT2D eigenvalue weighted by Crippen LogP contribution is 2.23. The average Bonchev–Trinajstić information content (AvgIpc) is 2.96. The van der Waals surface area contributed by atoms with Crippen molar-refractivity contribution < 1.29 is 30.0 Å². The summed E-state index contributed by atoms with van der Waals surface area (Å²) >= 11 is 0. The van der Waals surface area contributed by atoms with Crippen molar-refractivity contribution in [3.05, 3.63) is 108 Å². The van der Waals surface area contributed by atoms with E-state index < -0.39 is 26.3 Å². The molecule has 4 aromatic rings. The molecule has 2 amide bonds. The van der Waals surface area contributed by atoms with Gasteiger partial charge in [0.2, 0.25) is 0 Å². The minimum absolute atomic E-state index is 0.0546. The highest BCUT2D eigenvalue weighted by Gasteiger charge is 2.18. The summed E-state index contributed by atoms with van der Waals surface area (Å²) in [4.78, 5) is 12.6.